The van der Waals surface area contributed by atoms with Crippen molar-refractivity contribution in [3.8, 4) is 0 Å². The Hall–Kier alpha value is -2.64. The van der Waals surface area contributed by atoms with Crippen LogP contribution >= 0.6 is 0 Å². The van der Waals surface area contributed by atoms with E-state index in [4.69, 9.17) is 0 Å². The lowest BCUT2D eigenvalue weighted by Gasteiger charge is -2.42. The van der Waals surface area contributed by atoms with Gasteiger partial charge in [-0.1, -0.05) is 111 Å². The fraction of sp³-hybridized carbons (Fsp3) is 0.312. The molecular weight excluding hydrogens is 412 g/mol. The van der Waals surface area contributed by atoms with E-state index in [9.17, 15) is 0 Å². The molecule has 0 fully saturated rings. The van der Waals surface area contributed by atoms with Gasteiger partial charge in [0.05, 0.1) is 0 Å². The molecule has 4 rings (SSSR count). The molecule has 1 heteroatoms. The minimum absolute atomic E-state index is 0.418. The van der Waals surface area contributed by atoms with Crippen molar-refractivity contribution in [1.82, 2.24) is 0 Å². The molecule has 0 amide bonds. The lowest BCUT2D eigenvalue weighted by Crippen LogP contribution is -2.70. The number of hydrogen-bond donors (Lipinski definition) is 0. The molecule has 3 aromatic carbocycles. The highest BCUT2D eigenvalue weighted by Crippen LogP contribution is 2.43. The summed E-state index contributed by atoms with van der Waals surface area (Å²) in [6.07, 6.45) is 2.44. The standard InChI is InChI=1S/C32H38Si/c1-20-10-21(2)14-29(13-20)33(30-15-22(3)11-23(4)16-30,31-17-24(5)12-25(6)18-31)32-27(8)19-26(7)28(32)9/h10-19,32H,1-9H3. The second-order valence-electron chi connectivity index (χ2n) is 10.6. The molecule has 0 nitrogen and oxygen atoms in total. The molecule has 0 aliphatic heterocycles. The third-order valence-electron chi connectivity index (χ3n) is 7.42. The zero-order valence-electron chi connectivity index (χ0n) is 21.9. The number of allylic oxidation sites excluding steroid dienone is 4. The van der Waals surface area contributed by atoms with Crippen LogP contribution in [0.4, 0.5) is 0 Å². The van der Waals surface area contributed by atoms with E-state index in [1.165, 1.54) is 65.7 Å². The first-order chi connectivity index (χ1) is 15.5. The van der Waals surface area contributed by atoms with E-state index >= 15 is 0 Å². The predicted octanol–water partition coefficient (Wildman–Crippen LogP) is 6.67. The summed E-state index contributed by atoms with van der Waals surface area (Å²) >= 11 is 0. The van der Waals surface area contributed by atoms with E-state index in [1.807, 2.05) is 0 Å². The lowest BCUT2D eigenvalue weighted by molar-refractivity contribution is 1.09. The number of rotatable bonds is 4. The summed E-state index contributed by atoms with van der Waals surface area (Å²) in [5.74, 6) is 0. The van der Waals surface area contributed by atoms with Crippen molar-refractivity contribution in [3.63, 3.8) is 0 Å². The SMILES string of the molecule is CC1=CC(C)=C(C)C1[Si](c1cc(C)cc(C)c1)(c1cc(C)cc(C)c1)c1cc(C)cc(C)c1. The van der Waals surface area contributed by atoms with Crippen LogP contribution in [-0.4, -0.2) is 8.07 Å². The van der Waals surface area contributed by atoms with Gasteiger partial charge in [0.2, 0.25) is 0 Å². The van der Waals surface area contributed by atoms with Gasteiger partial charge in [-0.15, -0.1) is 0 Å². The summed E-state index contributed by atoms with van der Waals surface area (Å²) in [4.78, 5) is 0. The summed E-state index contributed by atoms with van der Waals surface area (Å²) < 4.78 is 0. The third-order valence-corrected chi connectivity index (χ3v) is 12.8. The second-order valence-corrected chi connectivity index (χ2v) is 14.5. The van der Waals surface area contributed by atoms with Crippen LogP contribution in [0.15, 0.2) is 77.4 Å². The summed E-state index contributed by atoms with van der Waals surface area (Å²) in [7, 11) is -2.47. The predicted molar refractivity (Wildman–Crippen MR) is 148 cm³/mol. The maximum atomic E-state index is 2.49. The van der Waals surface area contributed by atoms with Crippen molar-refractivity contribution in [2.75, 3.05) is 0 Å². The number of aryl methyl sites for hydroxylation is 6. The van der Waals surface area contributed by atoms with Crippen LogP contribution in [0.2, 0.25) is 5.54 Å². The Morgan fingerprint density at radius 2 is 0.758 bits per heavy atom. The molecule has 3 aromatic rings. The Morgan fingerprint density at radius 3 is 1.00 bits per heavy atom. The molecule has 0 heterocycles. The monoisotopic (exact) mass is 450 g/mol. The van der Waals surface area contributed by atoms with Gasteiger partial charge in [0, 0.05) is 5.54 Å². The van der Waals surface area contributed by atoms with Crippen LogP contribution in [0.5, 0.6) is 0 Å². The Bertz CT molecular complexity index is 1120. The van der Waals surface area contributed by atoms with E-state index in [2.05, 4.69) is 123 Å². The molecule has 0 bridgehead atoms. The van der Waals surface area contributed by atoms with Gasteiger partial charge in [0.25, 0.3) is 0 Å². The maximum absolute atomic E-state index is 2.49. The van der Waals surface area contributed by atoms with Crippen LogP contribution in [-0.2, 0) is 0 Å². The molecular formula is C32H38Si. The van der Waals surface area contributed by atoms with Crippen LogP contribution in [0.1, 0.15) is 54.2 Å². The first kappa shape index (κ1) is 23.5. The highest BCUT2D eigenvalue weighted by Gasteiger charge is 2.49. The highest BCUT2D eigenvalue weighted by atomic mass is 28.3. The number of hydrogen-bond acceptors (Lipinski definition) is 0. The van der Waals surface area contributed by atoms with Gasteiger partial charge in [-0.2, -0.15) is 0 Å². The summed E-state index contributed by atoms with van der Waals surface area (Å²) in [6, 6.07) is 21.9. The van der Waals surface area contributed by atoms with Crippen molar-refractivity contribution in [1.29, 1.82) is 0 Å². The number of benzene rings is 3. The van der Waals surface area contributed by atoms with Gasteiger partial charge in [-0.25, -0.2) is 0 Å². The van der Waals surface area contributed by atoms with Crippen molar-refractivity contribution in [3.05, 3.63) is 111 Å². The molecule has 33 heavy (non-hydrogen) atoms. The molecule has 0 aromatic heterocycles. The Kier molecular flexibility index (Phi) is 6.14. The van der Waals surface area contributed by atoms with Crippen LogP contribution in [0.25, 0.3) is 0 Å². The quantitative estimate of drug-likeness (QED) is 0.307. The molecule has 0 N–H and O–H groups in total. The zero-order chi connectivity index (χ0) is 24.1. The molecule has 170 valence electrons. The Morgan fingerprint density at radius 1 is 0.455 bits per heavy atom. The van der Waals surface area contributed by atoms with E-state index in [1.54, 1.807) is 0 Å². The Balaban J connectivity index is 2.25. The van der Waals surface area contributed by atoms with Crippen molar-refractivity contribution in [2.24, 2.45) is 0 Å². The lowest BCUT2D eigenvalue weighted by atomic mass is 10.1. The normalized spacial score (nSPS) is 16.4. The molecule has 1 atom stereocenters. The van der Waals surface area contributed by atoms with Crippen molar-refractivity contribution >= 4 is 23.6 Å². The summed E-state index contributed by atoms with van der Waals surface area (Å²) in [5, 5.41) is 4.59. The Labute approximate surface area is 202 Å². The smallest absolute Gasteiger partial charge is 0.0676 e. The molecule has 0 radical (unpaired) electrons. The van der Waals surface area contributed by atoms with Gasteiger partial charge >= 0.3 is 0 Å². The molecule has 1 unspecified atom stereocenters. The first-order valence-electron chi connectivity index (χ1n) is 12.1. The van der Waals surface area contributed by atoms with Crippen molar-refractivity contribution in [2.45, 2.75) is 67.9 Å². The molecule has 0 saturated heterocycles. The average Bonchev–Trinajstić information content (AvgIpc) is 2.93. The van der Waals surface area contributed by atoms with Gasteiger partial charge in [0.15, 0.2) is 8.07 Å². The van der Waals surface area contributed by atoms with E-state index < -0.39 is 8.07 Å². The van der Waals surface area contributed by atoms with Crippen LogP contribution in [0, 0.1) is 41.5 Å². The molecule has 1 aliphatic rings. The maximum Gasteiger partial charge on any atom is 0.159 e. The minimum atomic E-state index is -2.47. The third kappa shape index (κ3) is 4.08. The average molecular weight is 451 g/mol. The fourth-order valence-electron chi connectivity index (χ4n) is 6.38. The van der Waals surface area contributed by atoms with E-state index in [0.717, 1.165) is 0 Å². The van der Waals surface area contributed by atoms with Crippen LogP contribution < -0.4 is 15.6 Å². The first-order valence-corrected chi connectivity index (χ1v) is 14.2. The largest absolute Gasteiger partial charge is 0.159 e. The highest BCUT2D eigenvalue weighted by molar-refractivity contribution is 7.13. The molecule has 1 aliphatic carbocycles. The van der Waals surface area contributed by atoms with Gasteiger partial charge in [-0.3, -0.25) is 0 Å². The van der Waals surface area contributed by atoms with Gasteiger partial charge in [0.1, 0.15) is 0 Å². The summed E-state index contributed by atoms with van der Waals surface area (Å²) in [5.41, 5.74) is 13.0. The zero-order valence-corrected chi connectivity index (χ0v) is 22.9. The van der Waals surface area contributed by atoms with Crippen LogP contribution in [0.3, 0.4) is 0 Å². The topological polar surface area (TPSA) is 0 Å². The summed E-state index contributed by atoms with van der Waals surface area (Å²) in [6.45, 7) is 20.6. The second kappa shape index (κ2) is 8.61. The fourth-order valence-corrected chi connectivity index (χ4v) is 12.8. The van der Waals surface area contributed by atoms with Crippen molar-refractivity contribution < 1.29 is 0 Å². The van der Waals surface area contributed by atoms with E-state index in [0.29, 0.717) is 5.54 Å². The molecule has 0 spiro atoms. The molecule has 0 saturated carbocycles. The van der Waals surface area contributed by atoms with Gasteiger partial charge in [-0.05, 0) is 77.9 Å². The minimum Gasteiger partial charge on any atom is -0.0676 e. The van der Waals surface area contributed by atoms with Gasteiger partial charge < -0.3 is 0 Å². The van der Waals surface area contributed by atoms with E-state index in [-0.39, 0.29) is 0 Å².